The van der Waals surface area contributed by atoms with E-state index in [9.17, 15) is 19.2 Å². The van der Waals surface area contributed by atoms with E-state index >= 15 is 4.79 Å². The summed E-state index contributed by atoms with van der Waals surface area (Å²) in [5, 5.41) is 9.12. The summed E-state index contributed by atoms with van der Waals surface area (Å²) >= 11 is 0. The topological polar surface area (TPSA) is 159 Å². The summed E-state index contributed by atoms with van der Waals surface area (Å²) in [5.41, 5.74) is 0.743. The number of benzene rings is 2. The van der Waals surface area contributed by atoms with Gasteiger partial charge in [-0.05, 0) is 73.8 Å². The number of amides is 4. The van der Waals surface area contributed by atoms with Crippen LogP contribution in [0, 0.1) is 23.2 Å². The van der Waals surface area contributed by atoms with E-state index in [1.165, 1.54) is 4.90 Å². The lowest BCUT2D eigenvalue weighted by molar-refractivity contribution is -0.154. The zero-order chi connectivity index (χ0) is 43.6. The fourth-order valence-electron chi connectivity index (χ4n) is 7.72. The van der Waals surface area contributed by atoms with Gasteiger partial charge in [0.15, 0.2) is 5.78 Å². The molecule has 5 rings (SSSR count). The number of ketones is 1. The molecule has 2 unspecified atom stereocenters. The Morgan fingerprint density at radius 3 is 1.98 bits per heavy atom. The standard InChI is InChI=1S/C47H69N5O8/c1-31(2)25-39(44(56)49-38(26-35-17-13-10-14-18-35)43(55)50-41(36-27-46(36,6)7)42(54)47(8)29-60-47)52(30-59-33(5)32(3)4)45(57)37(20-19-34-15-11-9-12-16-34)48-40(53)28-51-21-23-58-24-22-51/h9-18,31-33,36-39,41H,19-30H2,1-8H3,(H,48,53)(H,49,56)(H,50,55)/t33-,36?,37+,38+,39?,41+,47-/m1/s1. The van der Waals surface area contributed by atoms with E-state index in [1.807, 2.05) is 100 Å². The third kappa shape index (κ3) is 13.4. The highest BCUT2D eigenvalue weighted by atomic mass is 16.6. The van der Waals surface area contributed by atoms with Crippen molar-refractivity contribution in [3.63, 3.8) is 0 Å². The Morgan fingerprint density at radius 2 is 1.43 bits per heavy atom. The summed E-state index contributed by atoms with van der Waals surface area (Å²) in [5.74, 6) is -1.91. The van der Waals surface area contributed by atoms with Gasteiger partial charge in [0, 0.05) is 19.5 Å². The zero-order valence-corrected chi connectivity index (χ0v) is 37.0. The molecule has 1 aliphatic carbocycles. The molecule has 7 atom stereocenters. The number of epoxide rings is 1. The van der Waals surface area contributed by atoms with Gasteiger partial charge in [0.25, 0.3) is 0 Å². The quantitative estimate of drug-likeness (QED) is 0.110. The van der Waals surface area contributed by atoms with Crippen LogP contribution in [0.15, 0.2) is 60.7 Å². The number of hydrogen-bond donors (Lipinski definition) is 3. The van der Waals surface area contributed by atoms with Crippen molar-refractivity contribution in [3.8, 4) is 0 Å². The minimum absolute atomic E-state index is 0.0444. The number of Topliss-reactive ketones (excluding diaryl/α,β-unsaturated/α-hetero) is 1. The van der Waals surface area contributed by atoms with Gasteiger partial charge in [-0.15, -0.1) is 0 Å². The van der Waals surface area contributed by atoms with Crippen molar-refractivity contribution in [2.45, 2.75) is 123 Å². The summed E-state index contributed by atoms with van der Waals surface area (Å²) < 4.78 is 17.3. The zero-order valence-electron chi connectivity index (χ0n) is 37.0. The van der Waals surface area contributed by atoms with Crippen molar-refractivity contribution < 1.29 is 38.2 Å². The lowest BCUT2D eigenvalue weighted by Gasteiger charge is -2.36. The summed E-state index contributed by atoms with van der Waals surface area (Å²) in [7, 11) is 0. The molecule has 13 heteroatoms. The van der Waals surface area contributed by atoms with Crippen LogP contribution in [0.5, 0.6) is 0 Å². The van der Waals surface area contributed by atoms with Crippen molar-refractivity contribution in [1.29, 1.82) is 0 Å². The normalized spacial score (nSPS) is 22.2. The molecule has 2 aliphatic heterocycles. The SMILES string of the molecule is CC(C)CC(C(=O)N[C@@H](Cc1ccccc1)C(=O)N[C@H](C(=O)[C@@]1(C)CO1)C1CC1(C)C)N(CO[C@H](C)C(C)C)C(=O)[C@H](CCc1ccccc1)NC(=O)CN1CCOCC1. The van der Waals surface area contributed by atoms with Crippen LogP contribution >= 0.6 is 0 Å². The molecule has 3 fully saturated rings. The van der Waals surface area contributed by atoms with E-state index in [-0.39, 0.29) is 67.1 Å². The van der Waals surface area contributed by atoms with E-state index in [2.05, 4.69) is 29.8 Å². The lowest BCUT2D eigenvalue weighted by atomic mass is 9.92. The summed E-state index contributed by atoms with van der Waals surface area (Å²) in [6, 6.07) is 15.3. The number of nitrogens with one attached hydrogen (secondary N) is 3. The summed E-state index contributed by atoms with van der Waals surface area (Å²) in [6.45, 7) is 18.3. The van der Waals surface area contributed by atoms with Gasteiger partial charge in [0.05, 0.1) is 38.5 Å². The number of carbonyl (C=O) groups is 5. The fourth-order valence-corrected chi connectivity index (χ4v) is 7.72. The van der Waals surface area contributed by atoms with Crippen LogP contribution in [0.4, 0.5) is 0 Å². The Labute approximate surface area is 357 Å². The van der Waals surface area contributed by atoms with Crippen LogP contribution in [0.1, 0.15) is 85.8 Å². The Hall–Kier alpha value is -4.17. The third-order valence-electron chi connectivity index (χ3n) is 12.3. The first kappa shape index (κ1) is 46.9. The number of nitrogens with zero attached hydrogens (tertiary/aromatic N) is 2. The molecule has 13 nitrogen and oxygen atoms in total. The lowest BCUT2D eigenvalue weighted by Crippen LogP contribution is -2.61. The molecule has 60 heavy (non-hydrogen) atoms. The van der Waals surface area contributed by atoms with Gasteiger partial charge in [-0.2, -0.15) is 0 Å². The molecule has 2 heterocycles. The molecular weight excluding hydrogens is 763 g/mol. The highest BCUT2D eigenvalue weighted by Gasteiger charge is 2.59. The van der Waals surface area contributed by atoms with Gasteiger partial charge >= 0.3 is 0 Å². The van der Waals surface area contributed by atoms with Crippen molar-refractivity contribution in [3.05, 3.63) is 71.8 Å². The van der Waals surface area contributed by atoms with E-state index in [0.29, 0.717) is 45.8 Å². The second-order valence-corrected chi connectivity index (χ2v) is 18.7. The Kier molecular flexibility index (Phi) is 16.5. The monoisotopic (exact) mass is 832 g/mol. The minimum atomic E-state index is -1.07. The maximum atomic E-state index is 15.1. The summed E-state index contributed by atoms with van der Waals surface area (Å²) in [6.07, 6.45) is 1.73. The maximum Gasteiger partial charge on any atom is 0.247 e. The van der Waals surface area contributed by atoms with E-state index in [1.54, 1.807) is 6.92 Å². The second-order valence-electron chi connectivity index (χ2n) is 18.7. The Balaban J connectivity index is 1.45. The van der Waals surface area contributed by atoms with Gasteiger partial charge in [-0.3, -0.25) is 28.9 Å². The van der Waals surface area contributed by atoms with Crippen LogP contribution < -0.4 is 16.0 Å². The molecule has 0 bridgehead atoms. The molecule has 3 aliphatic rings. The van der Waals surface area contributed by atoms with Crippen LogP contribution in [-0.4, -0.2) is 121 Å². The highest BCUT2D eigenvalue weighted by molar-refractivity contribution is 5.99. The molecule has 3 N–H and O–H groups in total. The van der Waals surface area contributed by atoms with Crippen molar-refractivity contribution >= 4 is 29.4 Å². The molecule has 330 valence electrons. The smallest absolute Gasteiger partial charge is 0.247 e. The number of aryl methyl sites for hydroxylation is 1. The first-order valence-electron chi connectivity index (χ1n) is 21.9. The molecule has 2 aromatic carbocycles. The van der Waals surface area contributed by atoms with Crippen molar-refractivity contribution in [2.75, 3.05) is 46.2 Å². The molecule has 0 spiro atoms. The molecule has 2 saturated heterocycles. The largest absolute Gasteiger partial charge is 0.379 e. The Morgan fingerprint density at radius 1 is 0.833 bits per heavy atom. The predicted molar refractivity (Wildman–Crippen MR) is 230 cm³/mol. The molecule has 0 radical (unpaired) electrons. The molecule has 4 amide bonds. The van der Waals surface area contributed by atoms with Gasteiger partial charge in [-0.25, -0.2) is 0 Å². The average Bonchev–Trinajstić information content (AvgIpc) is 4.13. The van der Waals surface area contributed by atoms with Crippen LogP contribution in [0.25, 0.3) is 0 Å². The number of rotatable bonds is 23. The van der Waals surface area contributed by atoms with Crippen LogP contribution in [-0.2, 0) is 51.0 Å². The molecular formula is C47H69N5O8. The van der Waals surface area contributed by atoms with E-state index in [4.69, 9.17) is 14.2 Å². The predicted octanol–water partition coefficient (Wildman–Crippen LogP) is 4.31. The van der Waals surface area contributed by atoms with Crippen LogP contribution in [0.3, 0.4) is 0 Å². The van der Waals surface area contributed by atoms with E-state index in [0.717, 1.165) is 17.5 Å². The minimum Gasteiger partial charge on any atom is -0.379 e. The van der Waals surface area contributed by atoms with Gasteiger partial charge < -0.3 is 35.1 Å². The summed E-state index contributed by atoms with van der Waals surface area (Å²) in [4.78, 5) is 75.3. The molecule has 0 aromatic heterocycles. The number of carbonyl (C=O) groups excluding carboxylic acids is 5. The fraction of sp³-hybridized carbons (Fsp3) is 0.638. The van der Waals surface area contributed by atoms with Crippen molar-refractivity contribution in [2.24, 2.45) is 23.2 Å². The first-order valence-corrected chi connectivity index (χ1v) is 21.9. The first-order chi connectivity index (χ1) is 28.5. The van der Waals surface area contributed by atoms with Gasteiger partial charge in [0.1, 0.15) is 30.5 Å². The number of morpholine rings is 1. The average molecular weight is 832 g/mol. The molecule has 1 saturated carbocycles. The second kappa shape index (κ2) is 21.1. The number of hydrogen-bond acceptors (Lipinski definition) is 9. The van der Waals surface area contributed by atoms with Gasteiger partial charge in [0.2, 0.25) is 23.6 Å². The molecule has 2 aromatic rings. The maximum absolute atomic E-state index is 15.1. The third-order valence-corrected chi connectivity index (χ3v) is 12.3. The Bertz CT molecular complexity index is 1740. The number of ether oxygens (including phenoxy) is 3. The van der Waals surface area contributed by atoms with Gasteiger partial charge in [-0.1, -0.05) is 102 Å². The van der Waals surface area contributed by atoms with Crippen LogP contribution in [0.2, 0.25) is 0 Å². The highest BCUT2D eigenvalue weighted by Crippen LogP contribution is 2.54. The van der Waals surface area contributed by atoms with Crippen molar-refractivity contribution in [1.82, 2.24) is 25.8 Å². The van der Waals surface area contributed by atoms with E-state index < -0.39 is 47.5 Å².